The maximum atomic E-state index is 4.90. The first-order valence-corrected chi connectivity index (χ1v) is 5.53. The van der Waals surface area contributed by atoms with Crippen molar-refractivity contribution in [3.05, 3.63) is 48.9 Å². The van der Waals surface area contributed by atoms with Crippen LogP contribution in [0.2, 0.25) is 0 Å². The number of nitrogens with one attached hydrogen (secondary N) is 1. The van der Waals surface area contributed by atoms with Crippen molar-refractivity contribution >= 4 is 0 Å². The summed E-state index contributed by atoms with van der Waals surface area (Å²) in [5.41, 5.74) is 2.09. The van der Waals surface area contributed by atoms with Crippen LogP contribution >= 0.6 is 0 Å². The molecule has 0 aliphatic rings. The summed E-state index contributed by atoms with van der Waals surface area (Å²) in [6, 6.07) is 0. The van der Waals surface area contributed by atoms with Crippen molar-refractivity contribution in [2.75, 3.05) is 13.2 Å². The lowest BCUT2D eigenvalue weighted by atomic mass is 10.3. The second-order valence-electron chi connectivity index (χ2n) is 3.34. The Hall–Kier alpha value is -1.44. The largest absolute Gasteiger partial charge is 0.501 e. The van der Waals surface area contributed by atoms with Crippen molar-refractivity contribution in [1.29, 1.82) is 0 Å². The summed E-state index contributed by atoms with van der Waals surface area (Å²) in [5.74, 6) is 0. The Morgan fingerprint density at radius 1 is 1.12 bits per heavy atom. The molecule has 0 aliphatic heterocycles. The molecule has 0 aromatic rings. The average Bonchev–Trinajstić information content (AvgIpc) is 2.18. The van der Waals surface area contributed by atoms with Gasteiger partial charge in [0.05, 0.1) is 12.9 Å². The molecule has 0 fully saturated rings. The van der Waals surface area contributed by atoms with E-state index < -0.39 is 0 Å². The summed E-state index contributed by atoms with van der Waals surface area (Å²) in [7, 11) is 0. The van der Waals surface area contributed by atoms with Gasteiger partial charge in [-0.15, -0.1) is 0 Å². The molecule has 0 aliphatic carbocycles. The van der Waals surface area contributed by atoms with E-state index in [2.05, 4.69) is 25.4 Å². The zero-order chi connectivity index (χ0) is 12.8. The molecule has 16 heavy (non-hydrogen) atoms. The second kappa shape index (κ2) is 13.6. The van der Waals surface area contributed by atoms with E-state index in [1.807, 2.05) is 39.1 Å². The Kier molecular flexibility index (Phi) is 14.4. The van der Waals surface area contributed by atoms with Gasteiger partial charge in [-0.1, -0.05) is 24.3 Å². The third-order valence-corrected chi connectivity index (χ3v) is 1.31. The van der Waals surface area contributed by atoms with Gasteiger partial charge in [0, 0.05) is 6.54 Å². The molecule has 2 heteroatoms. The van der Waals surface area contributed by atoms with E-state index in [1.54, 1.807) is 6.26 Å². The highest BCUT2D eigenvalue weighted by Crippen LogP contribution is 1.88. The molecule has 0 amide bonds. The fourth-order valence-electron chi connectivity index (χ4n) is 0.580. The Morgan fingerprint density at radius 3 is 2.06 bits per heavy atom. The summed E-state index contributed by atoms with van der Waals surface area (Å²) in [5, 5.41) is 3.04. The zero-order valence-electron chi connectivity index (χ0n) is 11.0. The van der Waals surface area contributed by atoms with E-state index >= 15 is 0 Å². The van der Waals surface area contributed by atoms with Gasteiger partial charge in [-0.2, -0.15) is 0 Å². The normalized spacial score (nSPS) is 9.75. The molecule has 0 aromatic heterocycles. The summed E-state index contributed by atoms with van der Waals surface area (Å²) >= 11 is 0. The standard InChI is InChI=1S/C7H13N.C7H12O/c2*1-4-8-6-5-7(2)3/h5-6,8H,2,4H2,1,3H3;5-6H,2,4H2,1,3H3. The van der Waals surface area contributed by atoms with Crippen LogP contribution in [-0.2, 0) is 4.74 Å². The first-order valence-electron chi connectivity index (χ1n) is 5.53. The third-order valence-electron chi connectivity index (χ3n) is 1.31. The van der Waals surface area contributed by atoms with Gasteiger partial charge in [0.25, 0.3) is 0 Å². The lowest BCUT2D eigenvalue weighted by Gasteiger charge is -1.90. The van der Waals surface area contributed by atoms with E-state index in [0.29, 0.717) is 0 Å². The minimum Gasteiger partial charge on any atom is -0.501 e. The van der Waals surface area contributed by atoms with Crippen molar-refractivity contribution < 1.29 is 4.74 Å². The van der Waals surface area contributed by atoms with Gasteiger partial charge in [0.1, 0.15) is 0 Å². The monoisotopic (exact) mass is 223 g/mol. The Bertz CT molecular complexity index is 213. The fourth-order valence-corrected chi connectivity index (χ4v) is 0.580. The summed E-state index contributed by atoms with van der Waals surface area (Å²) in [6.45, 7) is 17.0. The van der Waals surface area contributed by atoms with Gasteiger partial charge in [0.2, 0.25) is 0 Å². The third kappa shape index (κ3) is 22.9. The maximum Gasteiger partial charge on any atom is 0.0845 e. The van der Waals surface area contributed by atoms with Crippen LogP contribution in [0.15, 0.2) is 48.9 Å². The average molecular weight is 223 g/mol. The molecule has 1 N–H and O–H groups in total. The second-order valence-corrected chi connectivity index (χ2v) is 3.34. The first kappa shape index (κ1) is 17.0. The summed E-state index contributed by atoms with van der Waals surface area (Å²) < 4.78 is 4.90. The molecule has 0 radical (unpaired) electrons. The molecule has 0 saturated heterocycles. The van der Waals surface area contributed by atoms with Gasteiger partial charge in [-0.05, 0) is 46.0 Å². The van der Waals surface area contributed by atoms with E-state index in [4.69, 9.17) is 4.74 Å². The van der Waals surface area contributed by atoms with E-state index in [0.717, 1.165) is 24.3 Å². The number of hydrogen-bond donors (Lipinski definition) is 1. The Labute approximate surface area is 100 Å². The topological polar surface area (TPSA) is 21.3 Å². The lowest BCUT2D eigenvalue weighted by molar-refractivity contribution is 0.269. The van der Waals surface area contributed by atoms with E-state index in [9.17, 15) is 0 Å². The van der Waals surface area contributed by atoms with Crippen LogP contribution in [0.4, 0.5) is 0 Å². The van der Waals surface area contributed by atoms with Crippen LogP contribution in [0, 0.1) is 0 Å². The van der Waals surface area contributed by atoms with Crippen molar-refractivity contribution in [2.45, 2.75) is 27.7 Å². The highest BCUT2D eigenvalue weighted by atomic mass is 16.5. The quantitative estimate of drug-likeness (QED) is 0.546. The molecule has 0 aromatic carbocycles. The number of rotatable bonds is 6. The molecule has 0 saturated carbocycles. The van der Waals surface area contributed by atoms with Crippen molar-refractivity contribution in [1.82, 2.24) is 5.32 Å². The van der Waals surface area contributed by atoms with Crippen molar-refractivity contribution in [2.24, 2.45) is 0 Å². The molecular weight excluding hydrogens is 198 g/mol. The zero-order valence-corrected chi connectivity index (χ0v) is 11.0. The molecule has 0 unspecified atom stereocenters. The predicted molar refractivity (Wildman–Crippen MR) is 73.2 cm³/mol. The summed E-state index contributed by atoms with van der Waals surface area (Å²) in [4.78, 5) is 0. The molecule has 0 rings (SSSR count). The van der Waals surface area contributed by atoms with E-state index in [1.165, 1.54) is 0 Å². The molecule has 0 heterocycles. The van der Waals surface area contributed by atoms with E-state index in [-0.39, 0.29) is 0 Å². The number of hydrogen-bond acceptors (Lipinski definition) is 2. The fraction of sp³-hybridized carbons (Fsp3) is 0.429. The summed E-state index contributed by atoms with van der Waals surface area (Å²) in [6.07, 6.45) is 7.34. The van der Waals surface area contributed by atoms with Gasteiger partial charge in [-0.25, -0.2) is 0 Å². The van der Waals surface area contributed by atoms with Gasteiger partial charge >= 0.3 is 0 Å². The number of ether oxygens (including phenoxy) is 1. The Morgan fingerprint density at radius 2 is 1.69 bits per heavy atom. The van der Waals surface area contributed by atoms with Crippen LogP contribution in [0.25, 0.3) is 0 Å². The minimum absolute atomic E-state index is 0.726. The first-order chi connectivity index (χ1) is 7.54. The molecule has 0 atom stereocenters. The van der Waals surface area contributed by atoms with Gasteiger partial charge in [0.15, 0.2) is 0 Å². The van der Waals surface area contributed by atoms with Crippen LogP contribution in [0.1, 0.15) is 27.7 Å². The van der Waals surface area contributed by atoms with Crippen LogP contribution in [0.5, 0.6) is 0 Å². The molecule has 0 bridgehead atoms. The highest BCUT2D eigenvalue weighted by molar-refractivity contribution is 5.09. The Balaban J connectivity index is 0. The van der Waals surface area contributed by atoms with Gasteiger partial charge < -0.3 is 10.1 Å². The van der Waals surface area contributed by atoms with Crippen LogP contribution in [0.3, 0.4) is 0 Å². The molecular formula is C14H25NO. The smallest absolute Gasteiger partial charge is 0.0845 e. The lowest BCUT2D eigenvalue weighted by Crippen LogP contribution is -2.01. The van der Waals surface area contributed by atoms with Crippen LogP contribution < -0.4 is 5.32 Å². The van der Waals surface area contributed by atoms with Crippen molar-refractivity contribution in [3.63, 3.8) is 0 Å². The molecule has 0 spiro atoms. The highest BCUT2D eigenvalue weighted by Gasteiger charge is 1.71. The molecule has 2 nitrogen and oxygen atoms in total. The predicted octanol–water partition coefficient (Wildman–Crippen LogP) is 3.80. The SMILES string of the molecule is C=C(C)C=CNCC.C=C(C)C=COCC. The van der Waals surface area contributed by atoms with Crippen molar-refractivity contribution in [3.8, 4) is 0 Å². The number of allylic oxidation sites excluding steroid dienone is 4. The van der Waals surface area contributed by atoms with Gasteiger partial charge in [-0.3, -0.25) is 0 Å². The maximum absolute atomic E-state index is 4.90. The molecule has 92 valence electrons. The van der Waals surface area contributed by atoms with Crippen LogP contribution in [-0.4, -0.2) is 13.2 Å². The minimum atomic E-state index is 0.726.